The molecule has 1 aromatic rings. The van der Waals surface area contributed by atoms with Crippen LogP contribution in [0.4, 0.5) is 0 Å². The van der Waals surface area contributed by atoms with E-state index in [2.05, 4.69) is 21.2 Å². The third-order valence-corrected chi connectivity index (χ3v) is 2.54. The van der Waals surface area contributed by atoms with Crippen molar-refractivity contribution in [2.45, 2.75) is 19.8 Å². The number of hydrogen-bond acceptors (Lipinski definition) is 2. The smallest absolute Gasteiger partial charge is 0.227 e. The van der Waals surface area contributed by atoms with Crippen LogP contribution in [0.15, 0.2) is 28.7 Å². The lowest BCUT2D eigenvalue weighted by atomic mass is 10.0. The zero-order chi connectivity index (χ0) is 12.6. The van der Waals surface area contributed by atoms with E-state index in [1.54, 1.807) is 7.05 Å². The second kappa shape index (κ2) is 8.05. The molecule has 16 heavy (non-hydrogen) atoms. The lowest BCUT2D eigenvalue weighted by Gasteiger charge is -2.09. The van der Waals surface area contributed by atoms with Gasteiger partial charge in [0.25, 0.3) is 0 Å². The summed E-state index contributed by atoms with van der Waals surface area (Å²) < 4.78 is 1.03. The molecular formula is C12H16BrNO2. The van der Waals surface area contributed by atoms with Crippen molar-refractivity contribution < 1.29 is 9.59 Å². The van der Waals surface area contributed by atoms with Gasteiger partial charge in [-0.2, -0.15) is 0 Å². The third-order valence-electron chi connectivity index (χ3n) is 2.01. The van der Waals surface area contributed by atoms with Crippen LogP contribution >= 0.6 is 15.9 Å². The van der Waals surface area contributed by atoms with E-state index in [-0.39, 0.29) is 11.8 Å². The molecule has 0 aromatic heterocycles. The molecule has 0 radical (unpaired) electrons. The molecule has 0 aliphatic carbocycles. The maximum atomic E-state index is 11.3. The molecule has 0 fully saturated rings. The number of benzene rings is 1. The summed E-state index contributed by atoms with van der Waals surface area (Å²) in [5.41, 5.74) is 1.03. The van der Waals surface area contributed by atoms with Crippen molar-refractivity contribution in [1.29, 1.82) is 0 Å². The van der Waals surface area contributed by atoms with E-state index in [9.17, 15) is 4.79 Å². The molecule has 4 heteroatoms. The fourth-order valence-electron chi connectivity index (χ4n) is 1.12. The molecule has 1 rings (SSSR count). The van der Waals surface area contributed by atoms with Crippen LogP contribution in [0.25, 0.3) is 0 Å². The van der Waals surface area contributed by atoms with Gasteiger partial charge in [0.05, 0.1) is 5.92 Å². The van der Waals surface area contributed by atoms with Gasteiger partial charge in [-0.15, -0.1) is 0 Å². The maximum absolute atomic E-state index is 11.3. The largest absolute Gasteiger partial charge is 0.359 e. The monoisotopic (exact) mass is 285 g/mol. The highest BCUT2D eigenvalue weighted by molar-refractivity contribution is 9.10. The Morgan fingerprint density at radius 2 is 1.81 bits per heavy atom. The first-order chi connectivity index (χ1) is 7.56. The fraction of sp³-hybridized carbons (Fsp3) is 0.333. The van der Waals surface area contributed by atoms with Crippen molar-refractivity contribution in [3.63, 3.8) is 0 Å². The van der Waals surface area contributed by atoms with Gasteiger partial charge in [0.15, 0.2) is 0 Å². The van der Waals surface area contributed by atoms with Gasteiger partial charge in [0, 0.05) is 11.5 Å². The number of nitrogens with one attached hydrogen (secondary N) is 1. The summed E-state index contributed by atoms with van der Waals surface area (Å²) >= 11 is 3.35. The first-order valence-corrected chi connectivity index (χ1v) is 5.73. The molecule has 1 N–H and O–H groups in total. The summed E-state index contributed by atoms with van der Waals surface area (Å²) in [6.45, 7) is 3.34. The van der Waals surface area contributed by atoms with E-state index >= 15 is 0 Å². The van der Waals surface area contributed by atoms with Crippen molar-refractivity contribution in [2.75, 3.05) is 7.05 Å². The van der Waals surface area contributed by atoms with Crippen molar-refractivity contribution in [1.82, 2.24) is 5.32 Å². The Bertz CT molecular complexity index is 335. The second-order valence-electron chi connectivity index (χ2n) is 3.12. The van der Waals surface area contributed by atoms with E-state index in [0.29, 0.717) is 0 Å². The molecule has 0 heterocycles. The van der Waals surface area contributed by atoms with Gasteiger partial charge in [0.2, 0.25) is 5.91 Å². The number of amides is 1. The minimum absolute atomic E-state index is 0.0438. The summed E-state index contributed by atoms with van der Waals surface area (Å²) in [7, 11) is 1.65. The van der Waals surface area contributed by atoms with Crippen molar-refractivity contribution in [3.05, 3.63) is 34.3 Å². The molecule has 0 aliphatic heterocycles. The van der Waals surface area contributed by atoms with Crippen LogP contribution < -0.4 is 5.32 Å². The molecule has 3 nitrogen and oxygen atoms in total. The molecule has 1 atom stereocenters. The fourth-order valence-corrected chi connectivity index (χ4v) is 1.38. The van der Waals surface area contributed by atoms with Gasteiger partial charge in [-0.25, -0.2) is 0 Å². The standard InChI is InChI=1S/C10H12BrNO.C2H4O/c1-7(10(13)12-2)8-3-5-9(11)6-4-8;1-2-3/h3-7H,1-2H3,(H,12,13);2H,1H3. The lowest BCUT2D eigenvalue weighted by molar-refractivity contribution is -0.121. The number of aldehydes is 1. The third kappa shape index (κ3) is 5.07. The number of likely N-dealkylation sites (N-methyl/N-ethyl adjacent to an activating group) is 1. The summed E-state index contributed by atoms with van der Waals surface area (Å²) in [6, 6.07) is 7.78. The van der Waals surface area contributed by atoms with Gasteiger partial charge < -0.3 is 10.1 Å². The molecule has 1 unspecified atom stereocenters. The second-order valence-corrected chi connectivity index (χ2v) is 4.04. The van der Waals surface area contributed by atoms with E-state index in [4.69, 9.17) is 4.79 Å². The number of hydrogen-bond donors (Lipinski definition) is 1. The van der Waals surface area contributed by atoms with Crippen LogP contribution in [0.5, 0.6) is 0 Å². The van der Waals surface area contributed by atoms with Gasteiger partial charge in [-0.1, -0.05) is 28.1 Å². The Balaban J connectivity index is 0.000000673. The molecule has 0 aliphatic rings. The van der Waals surface area contributed by atoms with E-state index in [0.717, 1.165) is 16.3 Å². The molecule has 0 saturated carbocycles. The topological polar surface area (TPSA) is 46.2 Å². The molecule has 88 valence electrons. The van der Waals surface area contributed by atoms with Crippen molar-refractivity contribution in [3.8, 4) is 0 Å². The van der Waals surface area contributed by atoms with Gasteiger partial charge in [0.1, 0.15) is 6.29 Å². The van der Waals surface area contributed by atoms with E-state index in [1.807, 2.05) is 31.2 Å². The van der Waals surface area contributed by atoms with Crippen molar-refractivity contribution in [2.24, 2.45) is 0 Å². The summed E-state index contributed by atoms with van der Waals surface area (Å²) in [6.07, 6.45) is 0.750. The molecule has 1 aromatic carbocycles. The highest BCUT2D eigenvalue weighted by atomic mass is 79.9. The van der Waals surface area contributed by atoms with Gasteiger partial charge in [-0.3, -0.25) is 4.79 Å². The first kappa shape index (κ1) is 14.8. The van der Waals surface area contributed by atoms with Crippen LogP contribution in [0.1, 0.15) is 25.3 Å². The summed E-state index contributed by atoms with van der Waals surface area (Å²) in [4.78, 5) is 20.1. The quantitative estimate of drug-likeness (QED) is 0.849. The highest BCUT2D eigenvalue weighted by Gasteiger charge is 2.12. The van der Waals surface area contributed by atoms with Gasteiger partial charge in [-0.05, 0) is 31.5 Å². The predicted octanol–water partition coefficient (Wildman–Crippen LogP) is 2.50. The zero-order valence-electron chi connectivity index (χ0n) is 9.66. The molecule has 0 saturated heterocycles. The average molecular weight is 286 g/mol. The van der Waals surface area contributed by atoms with Crippen LogP contribution in [0.3, 0.4) is 0 Å². The zero-order valence-corrected chi connectivity index (χ0v) is 11.2. The number of halogens is 1. The maximum Gasteiger partial charge on any atom is 0.227 e. The van der Waals surface area contributed by atoms with Crippen LogP contribution in [0.2, 0.25) is 0 Å². The molecule has 1 amide bonds. The minimum Gasteiger partial charge on any atom is -0.359 e. The minimum atomic E-state index is -0.0851. The van der Waals surface area contributed by atoms with E-state index in [1.165, 1.54) is 6.92 Å². The Labute approximate surface area is 104 Å². The molecule has 0 bridgehead atoms. The van der Waals surface area contributed by atoms with Crippen molar-refractivity contribution >= 4 is 28.1 Å². The molecule has 0 spiro atoms. The molecular weight excluding hydrogens is 270 g/mol. The summed E-state index contributed by atoms with van der Waals surface area (Å²) in [5, 5.41) is 2.63. The Morgan fingerprint density at radius 3 is 2.19 bits per heavy atom. The SMILES string of the molecule is CC=O.CNC(=O)C(C)c1ccc(Br)cc1. The van der Waals surface area contributed by atoms with E-state index < -0.39 is 0 Å². The summed E-state index contributed by atoms with van der Waals surface area (Å²) in [5.74, 6) is -0.0413. The van der Waals surface area contributed by atoms with Crippen LogP contribution in [0, 0.1) is 0 Å². The lowest BCUT2D eigenvalue weighted by Crippen LogP contribution is -2.23. The average Bonchev–Trinajstić information content (AvgIpc) is 2.29. The number of carbonyl (C=O) groups is 2. The Hall–Kier alpha value is -1.16. The van der Waals surface area contributed by atoms with Crippen LogP contribution in [-0.2, 0) is 9.59 Å². The van der Waals surface area contributed by atoms with Gasteiger partial charge >= 0.3 is 0 Å². The normalized spacial score (nSPS) is 10.8. The predicted molar refractivity (Wildman–Crippen MR) is 68.4 cm³/mol. The van der Waals surface area contributed by atoms with Crippen LogP contribution in [-0.4, -0.2) is 19.2 Å². The highest BCUT2D eigenvalue weighted by Crippen LogP contribution is 2.18. The Kier molecular flexibility index (Phi) is 7.46. The first-order valence-electron chi connectivity index (χ1n) is 4.93. The Morgan fingerprint density at radius 1 is 1.38 bits per heavy atom. The number of carbonyl (C=O) groups excluding carboxylic acids is 2. The number of rotatable bonds is 2.